The monoisotopic (exact) mass is 571 g/mol. The number of alkyl halides is 4. The van der Waals surface area contributed by atoms with E-state index in [0.29, 0.717) is 12.0 Å². The molecule has 0 spiro atoms. The summed E-state index contributed by atoms with van der Waals surface area (Å²) in [5, 5.41) is 10.2. The van der Waals surface area contributed by atoms with Crippen LogP contribution in [0.25, 0.3) is 11.1 Å². The minimum Gasteiger partial charge on any atom is -0.508 e. The number of aromatic hydroxyl groups is 1. The van der Waals surface area contributed by atoms with Crippen LogP contribution in [0.1, 0.15) is 60.9 Å². The molecule has 3 aromatic carbocycles. The first-order valence-corrected chi connectivity index (χ1v) is 13.7. The summed E-state index contributed by atoms with van der Waals surface area (Å²) in [6.45, 7) is 3.90. The molecule has 1 aliphatic carbocycles. The van der Waals surface area contributed by atoms with Gasteiger partial charge in [-0.15, -0.1) is 13.2 Å². The first kappa shape index (κ1) is 30.4. The average Bonchev–Trinajstić information content (AvgIpc) is 3.26. The lowest BCUT2D eigenvalue weighted by Gasteiger charge is -2.20. The number of ether oxygens (including phenoxy) is 2. The second-order valence-electron chi connectivity index (χ2n) is 10.5. The maximum atomic E-state index is 12.8. The molecule has 2 aliphatic rings. The minimum atomic E-state index is -4.75. The van der Waals surface area contributed by atoms with Crippen LogP contribution >= 0.6 is 0 Å². The summed E-state index contributed by atoms with van der Waals surface area (Å²) >= 11 is 0. The second kappa shape index (κ2) is 13.0. The van der Waals surface area contributed by atoms with Crippen molar-refractivity contribution in [1.29, 1.82) is 0 Å². The van der Waals surface area contributed by atoms with Crippen LogP contribution in [0, 0.1) is 6.92 Å². The van der Waals surface area contributed by atoms with Gasteiger partial charge in [0, 0.05) is 19.6 Å². The van der Waals surface area contributed by atoms with Gasteiger partial charge in [-0.25, -0.2) is 0 Å². The molecule has 0 aromatic heterocycles. The SMILES string of the molecule is C.Cc1cc(OC(F)(F)F)ccc1C1=C(c2ccc(O[C@H]3CCN(CCCF)C3)cc2)c2ccc(O)cc2CCC1. The Kier molecular flexibility index (Phi) is 9.64. The minimum absolute atomic E-state index is 0. The lowest BCUT2D eigenvalue weighted by atomic mass is 9.86. The Morgan fingerprint density at radius 1 is 0.951 bits per heavy atom. The molecule has 1 fully saturated rings. The van der Waals surface area contributed by atoms with Crippen molar-refractivity contribution < 1.29 is 32.1 Å². The third-order valence-corrected chi connectivity index (χ3v) is 7.57. The molecule has 1 saturated heterocycles. The maximum Gasteiger partial charge on any atom is 0.573 e. The molecule has 41 heavy (non-hydrogen) atoms. The van der Waals surface area contributed by atoms with E-state index in [0.717, 1.165) is 84.5 Å². The number of benzene rings is 3. The molecule has 0 saturated carbocycles. The Bertz CT molecular complexity index is 1370. The van der Waals surface area contributed by atoms with E-state index >= 15 is 0 Å². The molecule has 3 aromatic rings. The summed E-state index contributed by atoms with van der Waals surface area (Å²) in [6, 6.07) is 17.8. The van der Waals surface area contributed by atoms with E-state index in [1.54, 1.807) is 25.1 Å². The zero-order valence-corrected chi connectivity index (χ0v) is 22.4. The maximum absolute atomic E-state index is 12.8. The van der Waals surface area contributed by atoms with E-state index in [1.807, 2.05) is 30.3 Å². The van der Waals surface area contributed by atoms with E-state index in [2.05, 4.69) is 9.64 Å². The fourth-order valence-electron chi connectivity index (χ4n) is 5.82. The van der Waals surface area contributed by atoms with Gasteiger partial charge in [-0.1, -0.05) is 31.7 Å². The second-order valence-corrected chi connectivity index (χ2v) is 10.5. The Morgan fingerprint density at radius 3 is 2.39 bits per heavy atom. The number of hydrogen-bond donors (Lipinski definition) is 1. The lowest BCUT2D eigenvalue weighted by molar-refractivity contribution is -0.274. The van der Waals surface area contributed by atoms with Crippen LogP contribution in [-0.2, 0) is 6.42 Å². The highest BCUT2D eigenvalue weighted by Gasteiger charge is 2.31. The predicted octanol–water partition coefficient (Wildman–Crippen LogP) is 8.34. The fraction of sp³-hybridized carbons (Fsp3) is 0.394. The molecule has 0 radical (unpaired) electrons. The van der Waals surface area contributed by atoms with Crippen molar-refractivity contribution in [2.75, 3.05) is 26.3 Å². The summed E-state index contributed by atoms with van der Waals surface area (Å²) in [7, 11) is 0. The third-order valence-electron chi connectivity index (χ3n) is 7.57. The molecule has 8 heteroatoms. The highest BCUT2D eigenvalue weighted by molar-refractivity contribution is 6.00. The topological polar surface area (TPSA) is 41.9 Å². The largest absolute Gasteiger partial charge is 0.573 e. The molecule has 0 amide bonds. The van der Waals surface area contributed by atoms with Crippen LogP contribution in [0.3, 0.4) is 0 Å². The zero-order chi connectivity index (χ0) is 28.3. The van der Waals surface area contributed by atoms with Gasteiger partial charge in [-0.3, -0.25) is 9.29 Å². The molecule has 220 valence electrons. The van der Waals surface area contributed by atoms with Crippen molar-refractivity contribution in [1.82, 2.24) is 4.90 Å². The molecule has 1 N–H and O–H groups in total. The molecular weight excluding hydrogens is 534 g/mol. The number of fused-ring (bicyclic) bond motifs is 1. The number of phenols is 1. The molecule has 1 aliphatic heterocycles. The molecule has 0 bridgehead atoms. The van der Waals surface area contributed by atoms with Crippen molar-refractivity contribution in [3.05, 3.63) is 88.5 Å². The highest BCUT2D eigenvalue weighted by atomic mass is 19.4. The lowest BCUT2D eigenvalue weighted by Crippen LogP contribution is -2.26. The summed E-state index contributed by atoms with van der Waals surface area (Å²) in [6.07, 6.45) is -0.939. The van der Waals surface area contributed by atoms with Gasteiger partial charge in [0.2, 0.25) is 0 Å². The predicted molar refractivity (Wildman–Crippen MR) is 154 cm³/mol. The number of likely N-dealkylation sites (tertiary alicyclic amines) is 1. The number of phenolic OH excluding ortho intramolecular Hbond substituents is 1. The van der Waals surface area contributed by atoms with E-state index in [-0.39, 0.29) is 31.7 Å². The first-order valence-electron chi connectivity index (χ1n) is 13.7. The van der Waals surface area contributed by atoms with Gasteiger partial charge in [0.15, 0.2) is 0 Å². The van der Waals surface area contributed by atoms with E-state index < -0.39 is 6.36 Å². The van der Waals surface area contributed by atoms with Gasteiger partial charge in [-0.2, -0.15) is 0 Å². The number of nitrogens with zero attached hydrogens (tertiary/aromatic N) is 1. The van der Waals surface area contributed by atoms with Crippen LogP contribution in [0.2, 0.25) is 0 Å². The number of aryl methyl sites for hydroxylation is 2. The normalized spacial score (nSPS) is 17.5. The number of hydrogen-bond acceptors (Lipinski definition) is 4. The highest BCUT2D eigenvalue weighted by Crippen LogP contribution is 2.42. The molecule has 4 nitrogen and oxygen atoms in total. The van der Waals surface area contributed by atoms with Gasteiger partial charge in [-0.05, 0) is 114 Å². The standard InChI is InChI=1S/C32H33F4NO3.CH4/c1-21-18-26(40-32(34,35)36)11-13-28(21)30-5-2-4-23-19-24(38)8-12-29(23)31(30)22-6-9-25(10-7-22)39-27-14-17-37(20-27)16-3-15-33;/h6-13,18-19,27,38H,2-5,14-17,20H2,1H3;1H4/t27-;/m0./s1. The Labute approximate surface area is 239 Å². The van der Waals surface area contributed by atoms with E-state index in [9.17, 15) is 22.7 Å². The number of rotatable bonds is 8. The van der Waals surface area contributed by atoms with Crippen molar-refractivity contribution in [2.45, 2.75) is 58.9 Å². The molecular formula is C33H37F4NO3. The van der Waals surface area contributed by atoms with E-state index in [4.69, 9.17) is 4.74 Å². The first-order chi connectivity index (χ1) is 19.2. The van der Waals surface area contributed by atoms with Gasteiger partial charge in [0.1, 0.15) is 23.4 Å². The van der Waals surface area contributed by atoms with Gasteiger partial charge < -0.3 is 14.6 Å². The summed E-state index contributed by atoms with van der Waals surface area (Å²) in [4.78, 5) is 2.22. The quantitative estimate of drug-likeness (QED) is 0.276. The zero-order valence-electron chi connectivity index (χ0n) is 22.4. The van der Waals surface area contributed by atoms with Gasteiger partial charge in [0.05, 0.1) is 6.67 Å². The van der Waals surface area contributed by atoms with Crippen molar-refractivity contribution in [3.63, 3.8) is 0 Å². The fourth-order valence-corrected chi connectivity index (χ4v) is 5.82. The van der Waals surface area contributed by atoms with Crippen LogP contribution in [0.5, 0.6) is 17.2 Å². The Balaban J connectivity index is 0.00000387. The Morgan fingerprint density at radius 2 is 1.68 bits per heavy atom. The van der Waals surface area contributed by atoms with Crippen molar-refractivity contribution >= 4 is 11.1 Å². The average molecular weight is 572 g/mol. The number of allylic oxidation sites excluding steroid dienone is 1. The van der Waals surface area contributed by atoms with Gasteiger partial charge >= 0.3 is 6.36 Å². The van der Waals surface area contributed by atoms with E-state index in [1.165, 1.54) is 12.1 Å². The molecule has 1 heterocycles. The van der Waals surface area contributed by atoms with Crippen LogP contribution in [-0.4, -0.2) is 48.8 Å². The van der Waals surface area contributed by atoms with Crippen molar-refractivity contribution in [3.8, 4) is 17.2 Å². The summed E-state index contributed by atoms with van der Waals surface area (Å²) < 4.78 is 61.4. The Hall–Kier alpha value is -3.52. The summed E-state index contributed by atoms with van der Waals surface area (Å²) in [5.74, 6) is 0.714. The molecule has 0 unspecified atom stereocenters. The number of halogens is 4. The van der Waals surface area contributed by atoms with Crippen molar-refractivity contribution in [2.24, 2.45) is 0 Å². The smallest absolute Gasteiger partial charge is 0.508 e. The van der Waals surface area contributed by atoms with Crippen LogP contribution in [0.15, 0.2) is 60.7 Å². The third kappa shape index (κ3) is 7.41. The molecule has 1 atom stereocenters. The van der Waals surface area contributed by atoms with Gasteiger partial charge in [0.25, 0.3) is 0 Å². The molecule has 5 rings (SSSR count). The summed E-state index contributed by atoms with van der Waals surface area (Å²) in [5.41, 5.74) is 6.56. The van der Waals surface area contributed by atoms with Crippen LogP contribution in [0.4, 0.5) is 17.6 Å². The van der Waals surface area contributed by atoms with Crippen LogP contribution < -0.4 is 9.47 Å².